The van der Waals surface area contributed by atoms with E-state index >= 15 is 0 Å². The third-order valence-corrected chi connectivity index (χ3v) is 2.79. The van der Waals surface area contributed by atoms with Gasteiger partial charge in [-0.25, -0.2) is 9.97 Å². The summed E-state index contributed by atoms with van der Waals surface area (Å²) in [6.07, 6.45) is 5.73. The molecule has 0 saturated heterocycles. The molecule has 1 heterocycles. The summed E-state index contributed by atoms with van der Waals surface area (Å²) in [7, 11) is 0. The lowest BCUT2D eigenvalue weighted by molar-refractivity contribution is -0.107. The number of benzene rings is 1. The first kappa shape index (κ1) is 11.9. The molecular formula is C13H11BrN2O. The Labute approximate surface area is 108 Å². The first-order valence-electron chi connectivity index (χ1n) is 5.30. The van der Waals surface area contributed by atoms with Crippen LogP contribution >= 0.6 is 15.9 Å². The number of carbonyl (C=O) groups is 1. The number of aryl methyl sites for hydroxylation is 1. The van der Waals surface area contributed by atoms with Crippen LogP contribution in [0.15, 0.2) is 41.1 Å². The minimum Gasteiger partial charge on any atom is -0.303 e. The first-order chi connectivity index (χ1) is 8.29. The largest absolute Gasteiger partial charge is 0.303 e. The zero-order chi connectivity index (χ0) is 12.1. The van der Waals surface area contributed by atoms with E-state index in [1.54, 1.807) is 12.4 Å². The van der Waals surface area contributed by atoms with Gasteiger partial charge >= 0.3 is 0 Å². The number of halogens is 1. The molecule has 0 atom stereocenters. The molecule has 0 fully saturated rings. The van der Waals surface area contributed by atoms with Crippen LogP contribution in [0.3, 0.4) is 0 Å². The van der Waals surface area contributed by atoms with Gasteiger partial charge in [-0.05, 0) is 27.9 Å². The topological polar surface area (TPSA) is 42.9 Å². The molecule has 0 bridgehead atoms. The van der Waals surface area contributed by atoms with E-state index in [0.717, 1.165) is 28.3 Å². The van der Waals surface area contributed by atoms with Crippen LogP contribution in [0, 0.1) is 0 Å². The minimum absolute atomic E-state index is 0.564. The van der Waals surface area contributed by atoms with Crippen molar-refractivity contribution in [1.29, 1.82) is 0 Å². The molecule has 0 spiro atoms. The maximum atomic E-state index is 10.3. The molecule has 0 saturated carbocycles. The first-order valence-corrected chi connectivity index (χ1v) is 6.09. The summed E-state index contributed by atoms with van der Waals surface area (Å²) in [6.45, 7) is 0. The monoisotopic (exact) mass is 290 g/mol. The Morgan fingerprint density at radius 3 is 2.35 bits per heavy atom. The fourth-order valence-electron chi connectivity index (χ4n) is 1.51. The van der Waals surface area contributed by atoms with E-state index in [2.05, 4.69) is 25.9 Å². The smallest absolute Gasteiger partial charge is 0.159 e. The number of nitrogens with zero attached hydrogens (tertiary/aromatic N) is 2. The highest BCUT2D eigenvalue weighted by Gasteiger charge is 2.00. The van der Waals surface area contributed by atoms with E-state index in [1.165, 1.54) is 0 Å². The molecule has 17 heavy (non-hydrogen) atoms. The van der Waals surface area contributed by atoms with Crippen molar-refractivity contribution >= 4 is 22.2 Å². The number of rotatable bonds is 4. The molecule has 0 aliphatic carbocycles. The molecule has 86 valence electrons. The number of aldehydes is 1. The molecule has 1 aromatic carbocycles. The minimum atomic E-state index is 0.564. The number of hydrogen-bond acceptors (Lipinski definition) is 3. The van der Waals surface area contributed by atoms with Crippen LogP contribution < -0.4 is 0 Å². The summed E-state index contributed by atoms with van der Waals surface area (Å²) in [5.41, 5.74) is 2.13. The van der Waals surface area contributed by atoms with E-state index < -0.39 is 0 Å². The average molecular weight is 291 g/mol. The Kier molecular flexibility index (Phi) is 3.98. The molecule has 1 aromatic heterocycles. The predicted octanol–water partition coefficient (Wildman–Crippen LogP) is 3.04. The molecule has 0 N–H and O–H groups in total. The van der Waals surface area contributed by atoms with E-state index in [0.29, 0.717) is 12.2 Å². The Morgan fingerprint density at radius 1 is 1.12 bits per heavy atom. The summed E-state index contributed by atoms with van der Waals surface area (Å²) in [5.74, 6) is 0.704. The maximum absolute atomic E-state index is 10.3. The molecule has 4 heteroatoms. The van der Waals surface area contributed by atoms with Gasteiger partial charge in [-0.2, -0.15) is 0 Å². The molecule has 0 amide bonds. The van der Waals surface area contributed by atoms with Crippen LogP contribution in [-0.2, 0) is 11.2 Å². The highest BCUT2D eigenvalue weighted by molar-refractivity contribution is 9.10. The fraction of sp³-hybridized carbons (Fsp3) is 0.154. The zero-order valence-electron chi connectivity index (χ0n) is 9.14. The SMILES string of the molecule is O=CCCc1ccc(-c2ncc(Br)cn2)cc1. The third-order valence-electron chi connectivity index (χ3n) is 2.38. The van der Waals surface area contributed by atoms with E-state index in [-0.39, 0.29) is 0 Å². The van der Waals surface area contributed by atoms with Crippen molar-refractivity contribution in [3.63, 3.8) is 0 Å². The van der Waals surface area contributed by atoms with Crippen molar-refractivity contribution < 1.29 is 4.79 Å². The average Bonchev–Trinajstić information content (AvgIpc) is 2.38. The summed E-state index contributed by atoms with van der Waals surface area (Å²) < 4.78 is 0.865. The van der Waals surface area contributed by atoms with Gasteiger partial charge in [0.2, 0.25) is 0 Å². The van der Waals surface area contributed by atoms with Gasteiger partial charge in [-0.15, -0.1) is 0 Å². The summed E-state index contributed by atoms with van der Waals surface area (Å²) >= 11 is 3.30. The Morgan fingerprint density at radius 2 is 1.76 bits per heavy atom. The van der Waals surface area contributed by atoms with Crippen LogP contribution in [0.25, 0.3) is 11.4 Å². The molecule has 0 unspecified atom stereocenters. The van der Waals surface area contributed by atoms with Crippen LogP contribution in [0.4, 0.5) is 0 Å². The Bertz CT molecular complexity index is 494. The molecule has 0 aliphatic rings. The van der Waals surface area contributed by atoms with Crippen molar-refractivity contribution in [3.8, 4) is 11.4 Å². The summed E-state index contributed by atoms with van der Waals surface area (Å²) in [5, 5.41) is 0. The lowest BCUT2D eigenvalue weighted by Crippen LogP contribution is -1.90. The molecule has 3 nitrogen and oxygen atoms in total. The van der Waals surface area contributed by atoms with Crippen molar-refractivity contribution in [2.45, 2.75) is 12.8 Å². The molecule has 2 rings (SSSR count). The second-order valence-corrected chi connectivity index (χ2v) is 4.54. The lowest BCUT2D eigenvalue weighted by atomic mass is 10.1. The van der Waals surface area contributed by atoms with Gasteiger partial charge in [-0.3, -0.25) is 0 Å². The van der Waals surface area contributed by atoms with Crippen molar-refractivity contribution in [2.75, 3.05) is 0 Å². The third kappa shape index (κ3) is 3.20. The second kappa shape index (κ2) is 5.68. The fourth-order valence-corrected chi connectivity index (χ4v) is 1.71. The van der Waals surface area contributed by atoms with Gasteiger partial charge in [0, 0.05) is 24.4 Å². The summed E-state index contributed by atoms with van der Waals surface area (Å²) in [6, 6.07) is 7.96. The van der Waals surface area contributed by atoms with E-state index in [1.807, 2.05) is 24.3 Å². The standard InChI is InChI=1S/C13H11BrN2O/c14-12-8-15-13(16-9-12)11-5-3-10(4-6-11)2-1-7-17/h3-9H,1-2H2. The normalized spacial score (nSPS) is 10.2. The van der Waals surface area contributed by atoms with Crippen LogP contribution in [0.2, 0.25) is 0 Å². The van der Waals surface area contributed by atoms with Gasteiger partial charge in [0.05, 0.1) is 4.47 Å². The number of carbonyl (C=O) groups excluding carboxylic acids is 1. The van der Waals surface area contributed by atoms with E-state index in [4.69, 9.17) is 0 Å². The molecule has 2 aromatic rings. The molecular weight excluding hydrogens is 280 g/mol. The van der Waals surface area contributed by atoms with Gasteiger partial charge in [0.15, 0.2) is 5.82 Å². The van der Waals surface area contributed by atoms with Crippen molar-refractivity contribution in [3.05, 3.63) is 46.7 Å². The van der Waals surface area contributed by atoms with E-state index in [9.17, 15) is 4.79 Å². The lowest BCUT2D eigenvalue weighted by Gasteiger charge is -2.02. The van der Waals surface area contributed by atoms with Gasteiger partial charge in [0.25, 0.3) is 0 Å². The second-order valence-electron chi connectivity index (χ2n) is 3.63. The predicted molar refractivity (Wildman–Crippen MR) is 69.6 cm³/mol. The highest BCUT2D eigenvalue weighted by Crippen LogP contribution is 2.17. The zero-order valence-corrected chi connectivity index (χ0v) is 10.7. The molecule has 0 aliphatic heterocycles. The number of hydrogen-bond donors (Lipinski definition) is 0. The van der Waals surface area contributed by atoms with Crippen molar-refractivity contribution in [2.24, 2.45) is 0 Å². The maximum Gasteiger partial charge on any atom is 0.159 e. The van der Waals surface area contributed by atoms with Crippen LogP contribution in [0.1, 0.15) is 12.0 Å². The highest BCUT2D eigenvalue weighted by atomic mass is 79.9. The van der Waals surface area contributed by atoms with Crippen LogP contribution in [-0.4, -0.2) is 16.3 Å². The number of aromatic nitrogens is 2. The van der Waals surface area contributed by atoms with Gasteiger partial charge in [-0.1, -0.05) is 24.3 Å². The summed E-state index contributed by atoms with van der Waals surface area (Å²) in [4.78, 5) is 18.7. The molecule has 0 radical (unpaired) electrons. The van der Waals surface area contributed by atoms with Gasteiger partial charge in [0.1, 0.15) is 6.29 Å². The van der Waals surface area contributed by atoms with Crippen molar-refractivity contribution in [1.82, 2.24) is 9.97 Å². The van der Waals surface area contributed by atoms with Gasteiger partial charge < -0.3 is 4.79 Å². The Balaban J connectivity index is 2.17. The quantitative estimate of drug-likeness (QED) is 0.813. The Hall–Kier alpha value is -1.55. The van der Waals surface area contributed by atoms with Crippen LogP contribution in [0.5, 0.6) is 0 Å².